The molecule has 0 saturated carbocycles. The fourth-order valence-electron chi connectivity index (χ4n) is 8.15. The number of rotatable bonds is 4. The number of benzene rings is 2. The quantitative estimate of drug-likeness (QED) is 0.327. The number of hydrogen-bond donors (Lipinski definition) is 0. The van der Waals surface area contributed by atoms with Crippen molar-refractivity contribution < 1.29 is 9.47 Å². The van der Waals surface area contributed by atoms with Crippen molar-refractivity contribution in [3.8, 4) is 11.5 Å². The molecule has 2 aliphatic heterocycles. The van der Waals surface area contributed by atoms with E-state index < -0.39 is 21.6 Å². The molecule has 2 aromatic rings. The highest BCUT2D eigenvalue weighted by atomic mass is 31.1. The van der Waals surface area contributed by atoms with Gasteiger partial charge in [0.25, 0.3) is 5.79 Å². The second-order valence-corrected chi connectivity index (χ2v) is 24.3. The molecule has 4 rings (SSSR count). The Labute approximate surface area is 255 Å². The van der Waals surface area contributed by atoms with Gasteiger partial charge in [-0.15, -0.1) is 0 Å². The van der Waals surface area contributed by atoms with Gasteiger partial charge in [0.05, 0.1) is 0 Å². The minimum atomic E-state index is -0.657. The minimum Gasteiger partial charge on any atom is -0.451 e. The summed E-state index contributed by atoms with van der Waals surface area (Å²) >= 11 is 0. The van der Waals surface area contributed by atoms with Gasteiger partial charge in [-0.2, -0.15) is 0 Å². The molecule has 2 nitrogen and oxygen atoms in total. The van der Waals surface area contributed by atoms with Gasteiger partial charge in [0.15, 0.2) is 0 Å². The van der Waals surface area contributed by atoms with Crippen molar-refractivity contribution in [2.24, 2.45) is 11.8 Å². The summed E-state index contributed by atoms with van der Waals surface area (Å²) in [5.74, 6) is 2.16. The standard InChI is InChI=1S/C37H58O2P2/c1-15-18-28-24-27-20-17-22-30(41(35(9,10)11)36(12,13)14)32(27)39-37(28)25(2)23-26-19-16-21-29(31(26)38-37)40(33(3,4)5)34(6,7)8/h16-17,19-22,25,28H,15,18,23-24H2,1-14H3/t25-,28-,37-/m1/s1. The Hall–Kier alpha value is -1.10. The molecule has 0 radical (unpaired) electrons. The highest BCUT2D eigenvalue weighted by Crippen LogP contribution is 2.63. The fourth-order valence-corrected chi connectivity index (χ4v) is 16.3. The molecule has 3 atom stereocenters. The summed E-state index contributed by atoms with van der Waals surface area (Å²) in [5.41, 5.74) is 2.72. The van der Waals surface area contributed by atoms with Gasteiger partial charge in [0.1, 0.15) is 11.5 Å². The summed E-state index contributed by atoms with van der Waals surface area (Å²) in [5, 5.41) is 3.46. The molecule has 0 bridgehead atoms. The van der Waals surface area contributed by atoms with Crippen LogP contribution in [0, 0.1) is 11.8 Å². The van der Waals surface area contributed by atoms with E-state index in [0.29, 0.717) is 5.92 Å². The van der Waals surface area contributed by atoms with Crippen LogP contribution in [-0.4, -0.2) is 26.4 Å². The van der Waals surface area contributed by atoms with Crippen LogP contribution < -0.4 is 20.1 Å². The molecule has 41 heavy (non-hydrogen) atoms. The molecule has 0 amide bonds. The molecule has 228 valence electrons. The maximum absolute atomic E-state index is 7.50. The summed E-state index contributed by atoms with van der Waals surface area (Å²) in [6, 6.07) is 13.9. The molecule has 0 unspecified atom stereocenters. The maximum Gasteiger partial charge on any atom is 0.257 e. The van der Waals surface area contributed by atoms with Gasteiger partial charge in [-0.1, -0.05) is 156 Å². The van der Waals surface area contributed by atoms with Crippen molar-refractivity contribution in [2.75, 3.05) is 0 Å². The first kappa shape index (κ1) is 32.8. The first-order chi connectivity index (χ1) is 18.7. The molecular formula is C37H58O2P2. The smallest absolute Gasteiger partial charge is 0.257 e. The van der Waals surface area contributed by atoms with Gasteiger partial charge in [-0.3, -0.25) is 0 Å². The van der Waals surface area contributed by atoms with E-state index in [1.165, 1.54) is 21.7 Å². The van der Waals surface area contributed by atoms with Crippen LogP contribution in [0.1, 0.15) is 121 Å². The number of para-hydroxylation sites is 2. The van der Waals surface area contributed by atoms with Crippen molar-refractivity contribution in [2.45, 2.75) is 149 Å². The molecule has 0 saturated heterocycles. The third-order valence-corrected chi connectivity index (χ3v) is 15.8. The van der Waals surface area contributed by atoms with E-state index in [1.54, 1.807) is 0 Å². The Morgan fingerprint density at radius 3 is 1.41 bits per heavy atom. The van der Waals surface area contributed by atoms with E-state index in [4.69, 9.17) is 9.47 Å². The summed E-state index contributed by atoms with van der Waals surface area (Å²) in [7, 11) is -1.01. The van der Waals surface area contributed by atoms with Gasteiger partial charge in [0, 0.05) is 22.4 Å². The second kappa shape index (κ2) is 11.1. The van der Waals surface area contributed by atoms with Crippen LogP contribution in [0.4, 0.5) is 0 Å². The SMILES string of the molecule is CCC[C@@H]1Cc2cccc(P(C(C)(C)C)C(C)(C)C)c2O[C@@]12Oc1c(cccc1P(C(C)(C)C)C(C)(C)C)C[C@H]2C. The average Bonchev–Trinajstić information content (AvgIpc) is 2.78. The van der Waals surface area contributed by atoms with Gasteiger partial charge >= 0.3 is 0 Å². The van der Waals surface area contributed by atoms with Gasteiger partial charge in [-0.05, 0) is 51.0 Å². The minimum absolute atomic E-state index is 0.160. The van der Waals surface area contributed by atoms with E-state index in [0.717, 1.165) is 37.2 Å². The lowest BCUT2D eigenvalue weighted by Gasteiger charge is -2.53. The maximum atomic E-state index is 7.50. The third kappa shape index (κ3) is 6.27. The number of hydrogen-bond acceptors (Lipinski definition) is 2. The molecule has 2 aliphatic rings. The summed E-state index contributed by atoms with van der Waals surface area (Å²) in [4.78, 5) is 0. The summed E-state index contributed by atoms with van der Waals surface area (Å²) < 4.78 is 15.0. The molecule has 0 N–H and O–H groups in total. The van der Waals surface area contributed by atoms with Gasteiger partial charge in [-0.25, -0.2) is 0 Å². The Kier molecular flexibility index (Phi) is 8.89. The topological polar surface area (TPSA) is 18.5 Å². The van der Waals surface area contributed by atoms with Crippen LogP contribution >= 0.6 is 15.8 Å². The first-order valence-electron chi connectivity index (χ1n) is 15.9. The Morgan fingerprint density at radius 1 is 0.659 bits per heavy atom. The molecule has 0 aliphatic carbocycles. The van der Waals surface area contributed by atoms with E-state index in [-0.39, 0.29) is 26.5 Å². The van der Waals surface area contributed by atoms with Crippen molar-refractivity contribution in [3.05, 3.63) is 47.5 Å². The molecular weight excluding hydrogens is 538 g/mol. The molecule has 1 spiro atoms. The average molecular weight is 597 g/mol. The number of fused-ring (bicyclic) bond motifs is 2. The van der Waals surface area contributed by atoms with Gasteiger partial charge in [0.2, 0.25) is 0 Å². The number of ether oxygens (including phenoxy) is 2. The highest BCUT2D eigenvalue weighted by molar-refractivity contribution is 7.69. The van der Waals surface area contributed by atoms with Crippen LogP contribution in [0.25, 0.3) is 0 Å². The first-order valence-corrected chi connectivity index (χ1v) is 18.6. The zero-order valence-electron chi connectivity index (χ0n) is 28.7. The normalized spacial score (nSPS) is 23.3. The lowest BCUT2D eigenvalue weighted by Crippen LogP contribution is -2.60. The predicted octanol–water partition coefficient (Wildman–Crippen LogP) is 10.4. The van der Waals surface area contributed by atoms with Crippen molar-refractivity contribution in [1.29, 1.82) is 0 Å². The van der Waals surface area contributed by atoms with E-state index in [1.807, 2.05) is 0 Å². The summed E-state index contributed by atoms with van der Waals surface area (Å²) in [6.45, 7) is 33.6. The van der Waals surface area contributed by atoms with Crippen molar-refractivity contribution in [1.82, 2.24) is 0 Å². The van der Waals surface area contributed by atoms with E-state index >= 15 is 0 Å². The zero-order chi connectivity index (χ0) is 30.8. The molecule has 4 heteroatoms. The molecule has 0 fully saturated rings. The Balaban J connectivity index is 1.92. The van der Waals surface area contributed by atoms with Crippen LogP contribution in [0.15, 0.2) is 36.4 Å². The van der Waals surface area contributed by atoms with Crippen LogP contribution in [0.3, 0.4) is 0 Å². The van der Waals surface area contributed by atoms with Crippen molar-refractivity contribution >= 4 is 26.5 Å². The van der Waals surface area contributed by atoms with Crippen LogP contribution in [-0.2, 0) is 12.8 Å². The lowest BCUT2D eigenvalue weighted by atomic mass is 9.75. The predicted molar refractivity (Wildman–Crippen MR) is 184 cm³/mol. The Morgan fingerprint density at radius 2 is 1.05 bits per heavy atom. The molecule has 0 aromatic heterocycles. The van der Waals surface area contributed by atoms with E-state index in [9.17, 15) is 0 Å². The lowest BCUT2D eigenvalue weighted by molar-refractivity contribution is -0.207. The van der Waals surface area contributed by atoms with Crippen LogP contribution in [0.2, 0.25) is 0 Å². The third-order valence-electron chi connectivity index (χ3n) is 8.73. The Bertz CT molecular complexity index is 1210. The summed E-state index contributed by atoms with van der Waals surface area (Å²) in [6.07, 6.45) is 4.24. The monoisotopic (exact) mass is 596 g/mol. The fraction of sp³-hybridized carbons (Fsp3) is 0.676. The highest BCUT2D eigenvalue weighted by Gasteiger charge is 2.55. The largest absolute Gasteiger partial charge is 0.451 e. The van der Waals surface area contributed by atoms with E-state index in [2.05, 4.69) is 133 Å². The second-order valence-electron chi connectivity index (χ2n) is 16.6. The van der Waals surface area contributed by atoms with Crippen LogP contribution in [0.5, 0.6) is 11.5 Å². The molecule has 2 aromatic carbocycles. The zero-order valence-corrected chi connectivity index (χ0v) is 30.4. The van der Waals surface area contributed by atoms with Gasteiger partial charge < -0.3 is 9.47 Å². The van der Waals surface area contributed by atoms with Crippen molar-refractivity contribution in [3.63, 3.8) is 0 Å². The molecule has 2 heterocycles.